The van der Waals surface area contributed by atoms with Gasteiger partial charge in [-0.2, -0.15) is 0 Å². The summed E-state index contributed by atoms with van der Waals surface area (Å²) in [7, 11) is -3.74. The van der Waals surface area contributed by atoms with E-state index in [9.17, 15) is 8.42 Å². The van der Waals surface area contributed by atoms with Crippen molar-refractivity contribution >= 4 is 21.4 Å². The van der Waals surface area contributed by atoms with Gasteiger partial charge in [-0.3, -0.25) is 0 Å². The summed E-state index contributed by atoms with van der Waals surface area (Å²) in [5, 5.41) is 5.25. The summed E-state index contributed by atoms with van der Waals surface area (Å²) < 4.78 is 23.2. The molecule has 1 aromatic rings. The summed E-state index contributed by atoms with van der Waals surface area (Å²) in [6.07, 6.45) is 2.13. The third-order valence-electron chi connectivity index (χ3n) is 3.41. The maximum Gasteiger partial charge on any atom is 0.240 e. The highest BCUT2D eigenvalue weighted by Gasteiger charge is 2.22. The molecule has 0 unspecified atom stereocenters. The van der Waals surface area contributed by atoms with Crippen molar-refractivity contribution < 1.29 is 8.42 Å². The standard InChI is InChI=1S/C12H19N3O2S/c1-9-4-6-15(7-5-9)11-3-2-10(13)8-12(11)18(14,16)17/h2-3,8-9H,4-7,13H2,1H3,(H2,14,16,17). The predicted molar refractivity (Wildman–Crippen MR) is 72.8 cm³/mol. The van der Waals surface area contributed by atoms with Crippen LogP contribution in [0, 0.1) is 5.92 Å². The number of primary sulfonamides is 1. The third-order valence-corrected chi connectivity index (χ3v) is 4.35. The van der Waals surface area contributed by atoms with Gasteiger partial charge >= 0.3 is 0 Å². The Morgan fingerprint density at radius 1 is 1.28 bits per heavy atom. The fourth-order valence-corrected chi connectivity index (χ4v) is 3.06. The number of sulfonamides is 1. The number of rotatable bonds is 2. The zero-order valence-corrected chi connectivity index (χ0v) is 11.3. The summed E-state index contributed by atoms with van der Waals surface area (Å²) in [6.45, 7) is 3.92. The molecular formula is C12H19N3O2S. The maximum absolute atomic E-state index is 11.6. The van der Waals surface area contributed by atoms with Gasteiger partial charge in [0.1, 0.15) is 4.90 Å². The van der Waals surface area contributed by atoms with Gasteiger partial charge in [0.15, 0.2) is 0 Å². The van der Waals surface area contributed by atoms with Crippen LogP contribution >= 0.6 is 0 Å². The predicted octanol–water partition coefficient (Wildman–Crippen LogP) is 1.15. The number of hydrogen-bond acceptors (Lipinski definition) is 4. The number of nitrogens with zero attached hydrogens (tertiary/aromatic N) is 1. The number of nitrogens with two attached hydrogens (primary N) is 2. The Morgan fingerprint density at radius 2 is 1.89 bits per heavy atom. The topological polar surface area (TPSA) is 89.4 Å². The third kappa shape index (κ3) is 2.76. The van der Waals surface area contributed by atoms with Crippen LogP contribution in [0.4, 0.5) is 11.4 Å². The Kier molecular flexibility index (Phi) is 3.49. The second-order valence-corrected chi connectivity index (χ2v) is 6.47. The first kappa shape index (κ1) is 13.2. The Balaban J connectivity index is 2.39. The van der Waals surface area contributed by atoms with E-state index in [0.717, 1.165) is 25.9 Å². The molecule has 0 aromatic heterocycles. The highest BCUT2D eigenvalue weighted by molar-refractivity contribution is 7.89. The van der Waals surface area contributed by atoms with Gasteiger partial charge < -0.3 is 10.6 Å². The molecule has 0 saturated carbocycles. The van der Waals surface area contributed by atoms with Crippen LogP contribution in [0.2, 0.25) is 0 Å². The van der Waals surface area contributed by atoms with Crippen LogP contribution in [0.1, 0.15) is 19.8 Å². The van der Waals surface area contributed by atoms with Crippen molar-refractivity contribution in [2.45, 2.75) is 24.7 Å². The molecule has 0 spiro atoms. The average molecular weight is 269 g/mol. The van der Waals surface area contributed by atoms with E-state index in [1.54, 1.807) is 12.1 Å². The minimum absolute atomic E-state index is 0.122. The second-order valence-electron chi connectivity index (χ2n) is 4.94. The molecule has 4 N–H and O–H groups in total. The molecule has 0 radical (unpaired) electrons. The van der Waals surface area contributed by atoms with Crippen molar-refractivity contribution in [3.8, 4) is 0 Å². The Labute approximate surface area is 108 Å². The molecule has 100 valence electrons. The maximum atomic E-state index is 11.6. The largest absolute Gasteiger partial charge is 0.399 e. The lowest BCUT2D eigenvalue weighted by Gasteiger charge is -2.33. The minimum atomic E-state index is -3.74. The van der Waals surface area contributed by atoms with E-state index in [1.807, 2.05) is 0 Å². The zero-order valence-electron chi connectivity index (χ0n) is 10.5. The molecule has 6 heteroatoms. The smallest absolute Gasteiger partial charge is 0.240 e. The zero-order chi connectivity index (χ0) is 13.3. The van der Waals surface area contributed by atoms with E-state index in [4.69, 9.17) is 10.9 Å². The SMILES string of the molecule is CC1CCN(c2ccc(N)cc2S(N)(=O)=O)CC1. The normalized spacial score (nSPS) is 18.0. The molecule has 1 fully saturated rings. The molecule has 1 aliphatic rings. The van der Waals surface area contributed by atoms with Crippen LogP contribution in [0.3, 0.4) is 0 Å². The lowest BCUT2D eigenvalue weighted by Crippen LogP contribution is -2.34. The lowest BCUT2D eigenvalue weighted by molar-refractivity contribution is 0.437. The quantitative estimate of drug-likeness (QED) is 0.788. The van der Waals surface area contributed by atoms with E-state index in [0.29, 0.717) is 17.3 Å². The van der Waals surface area contributed by atoms with Crippen molar-refractivity contribution in [3.63, 3.8) is 0 Å². The van der Waals surface area contributed by atoms with Crippen molar-refractivity contribution in [1.82, 2.24) is 0 Å². The molecule has 0 aliphatic carbocycles. The number of benzene rings is 1. The summed E-state index contributed by atoms with van der Waals surface area (Å²) in [6, 6.07) is 4.88. The lowest BCUT2D eigenvalue weighted by atomic mass is 9.99. The first-order valence-corrected chi connectivity index (χ1v) is 7.60. The monoisotopic (exact) mass is 269 g/mol. The first-order valence-electron chi connectivity index (χ1n) is 6.05. The van der Waals surface area contributed by atoms with E-state index >= 15 is 0 Å². The molecule has 0 atom stereocenters. The van der Waals surface area contributed by atoms with Gasteiger partial charge in [-0.1, -0.05) is 6.92 Å². The summed E-state index contributed by atoms with van der Waals surface area (Å²) >= 11 is 0. The van der Waals surface area contributed by atoms with E-state index in [-0.39, 0.29) is 4.90 Å². The number of piperidine rings is 1. The molecule has 1 aromatic carbocycles. The Morgan fingerprint density at radius 3 is 2.44 bits per heavy atom. The number of hydrogen-bond donors (Lipinski definition) is 2. The molecule has 1 heterocycles. The number of anilines is 2. The first-order chi connectivity index (χ1) is 8.38. The summed E-state index contributed by atoms with van der Waals surface area (Å²) in [5.41, 5.74) is 6.71. The minimum Gasteiger partial charge on any atom is -0.399 e. The van der Waals surface area contributed by atoms with Crippen molar-refractivity contribution in [1.29, 1.82) is 0 Å². The van der Waals surface area contributed by atoms with Crippen LogP contribution in [0.25, 0.3) is 0 Å². The molecule has 0 bridgehead atoms. The number of nitrogen functional groups attached to an aromatic ring is 1. The molecule has 18 heavy (non-hydrogen) atoms. The molecule has 5 nitrogen and oxygen atoms in total. The van der Waals surface area contributed by atoms with Crippen LogP contribution < -0.4 is 15.8 Å². The van der Waals surface area contributed by atoms with Gasteiger partial charge in [0.25, 0.3) is 0 Å². The fraction of sp³-hybridized carbons (Fsp3) is 0.500. The molecular weight excluding hydrogens is 250 g/mol. The van der Waals surface area contributed by atoms with Gasteiger partial charge in [-0.25, -0.2) is 13.6 Å². The molecule has 2 rings (SSSR count). The molecule has 0 amide bonds. The van der Waals surface area contributed by atoms with Crippen LogP contribution in [-0.4, -0.2) is 21.5 Å². The van der Waals surface area contributed by atoms with Crippen molar-refractivity contribution in [2.24, 2.45) is 11.1 Å². The van der Waals surface area contributed by atoms with Crippen molar-refractivity contribution in [3.05, 3.63) is 18.2 Å². The van der Waals surface area contributed by atoms with Gasteiger partial charge in [0, 0.05) is 18.8 Å². The van der Waals surface area contributed by atoms with E-state index in [2.05, 4.69) is 11.8 Å². The highest BCUT2D eigenvalue weighted by Crippen LogP contribution is 2.30. The van der Waals surface area contributed by atoms with E-state index in [1.165, 1.54) is 6.07 Å². The summed E-state index contributed by atoms with van der Waals surface area (Å²) in [4.78, 5) is 2.19. The molecule has 1 aliphatic heterocycles. The van der Waals surface area contributed by atoms with Gasteiger partial charge in [0.05, 0.1) is 5.69 Å². The van der Waals surface area contributed by atoms with E-state index < -0.39 is 10.0 Å². The van der Waals surface area contributed by atoms with Gasteiger partial charge in [-0.15, -0.1) is 0 Å². The van der Waals surface area contributed by atoms with Crippen LogP contribution in [0.5, 0.6) is 0 Å². The Hall–Kier alpha value is -1.27. The van der Waals surface area contributed by atoms with Gasteiger partial charge in [0.2, 0.25) is 10.0 Å². The van der Waals surface area contributed by atoms with Crippen LogP contribution in [-0.2, 0) is 10.0 Å². The second kappa shape index (κ2) is 4.78. The fourth-order valence-electron chi connectivity index (χ4n) is 2.27. The van der Waals surface area contributed by atoms with Gasteiger partial charge in [-0.05, 0) is 37.0 Å². The Bertz CT molecular complexity index is 534. The molecule has 1 saturated heterocycles. The highest BCUT2D eigenvalue weighted by atomic mass is 32.2. The average Bonchev–Trinajstić information content (AvgIpc) is 2.29. The van der Waals surface area contributed by atoms with Crippen molar-refractivity contribution in [2.75, 3.05) is 23.7 Å². The summed E-state index contributed by atoms with van der Waals surface area (Å²) in [5.74, 6) is 0.688. The van der Waals surface area contributed by atoms with Crippen LogP contribution in [0.15, 0.2) is 23.1 Å².